The summed E-state index contributed by atoms with van der Waals surface area (Å²) in [6.45, 7) is 4.13. The highest BCUT2D eigenvalue weighted by Crippen LogP contribution is 2.41. The maximum atomic E-state index is 11.8. The molecule has 2 aliphatic rings. The first-order valence-electron chi connectivity index (χ1n) is 6.66. The van der Waals surface area contributed by atoms with Crippen LogP contribution in [0.1, 0.15) is 52.4 Å². The van der Waals surface area contributed by atoms with Crippen molar-refractivity contribution in [2.45, 2.75) is 52.4 Å². The molecule has 2 rings (SSSR count). The standard InChI is InChI=1S/C14H22O2/c1-9-11(5-3-7-13(9)15)12-6-4-8-14(16)10(12)2/h9-12H,3-8H2,1-2H3. The van der Waals surface area contributed by atoms with E-state index in [1.807, 2.05) is 0 Å². The number of rotatable bonds is 1. The number of carbonyl (C=O) groups excluding carboxylic acids is 2. The third kappa shape index (κ3) is 2.07. The van der Waals surface area contributed by atoms with Crippen LogP contribution in [0.15, 0.2) is 0 Å². The monoisotopic (exact) mass is 222 g/mol. The Morgan fingerprint density at radius 3 is 1.56 bits per heavy atom. The van der Waals surface area contributed by atoms with E-state index in [1.54, 1.807) is 0 Å². The molecule has 90 valence electrons. The van der Waals surface area contributed by atoms with Crippen LogP contribution in [0.4, 0.5) is 0 Å². The van der Waals surface area contributed by atoms with E-state index in [2.05, 4.69) is 13.8 Å². The molecule has 0 N–H and O–H groups in total. The molecule has 0 saturated heterocycles. The Morgan fingerprint density at radius 1 is 0.812 bits per heavy atom. The zero-order valence-corrected chi connectivity index (χ0v) is 10.4. The van der Waals surface area contributed by atoms with E-state index in [4.69, 9.17) is 0 Å². The molecule has 16 heavy (non-hydrogen) atoms. The van der Waals surface area contributed by atoms with E-state index < -0.39 is 0 Å². The van der Waals surface area contributed by atoms with Crippen molar-refractivity contribution in [1.29, 1.82) is 0 Å². The molecule has 0 amide bonds. The fourth-order valence-corrected chi connectivity index (χ4v) is 3.63. The zero-order chi connectivity index (χ0) is 11.7. The number of ketones is 2. The summed E-state index contributed by atoms with van der Waals surface area (Å²) in [5, 5.41) is 0. The third-order valence-electron chi connectivity index (χ3n) is 4.77. The average Bonchev–Trinajstić information content (AvgIpc) is 2.27. The Bertz CT molecular complexity index is 265. The average molecular weight is 222 g/mol. The van der Waals surface area contributed by atoms with Crippen LogP contribution in [-0.2, 0) is 9.59 Å². The van der Waals surface area contributed by atoms with Crippen molar-refractivity contribution >= 4 is 11.6 Å². The van der Waals surface area contributed by atoms with Crippen molar-refractivity contribution in [2.75, 3.05) is 0 Å². The summed E-state index contributed by atoms with van der Waals surface area (Å²) >= 11 is 0. The summed E-state index contributed by atoms with van der Waals surface area (Å²) in [5.41, 5.74) is 0. The smallest absolute Gasteiger partial charge is 0.135 e. The molecule has 2 nitrogen and oxygen atoms in total. The molecule has 2 aliphatic carbocycles. The highest BCUT2D eigenvalue weighted by Gasteiger charge is 2.39. The van der Waals surface area contributed by atoms with Gasteiger partial charge in [-0.15, -0.1) is 0 Å². The van der Waals surface area contributed by atoms with Gasteiger partial charge in [0.15, 0.2) is 0 Å². The summed E-state index contributed by atoms with van der Waals surface area (Å²) in [6.07, 6.45) is 5.88. The van der Waals surface area contributed by atoms with E-state index in [0.717, 1.165) is 38.5 Å². The summed E-state index contributed by atoms with van der Waals surface area (Å²) in [6, 6.07) is 0. The van der Waals surface area contributed by atoms with Crippen LogP contribution in [0.2, 0.25) is 0 Å². The lowest BCUT2D eigenvalue weighted by molar-refractivity contribution is -0.132. The van der Waals surface area contributed by atoms with Crippen molar-refractivity contribution < 1.29 is 9.59 Å². The quantitative estimate of drug-likeness (QED) is 0.683. The SMILES string of the molecule is CC1C(=O)CCCC1C1CCCC(=O)C1C. The Morgan fingerprint density at radius 2 is 1.19 bits per heavy atom. The van der Waals surface area contributed by atoms with Crippen molar-refractivity contribution in [1.82, 2.24) is 0 Å². The molecule has 0 spiro atoms. The van der Waals surface area contributed by atoms with Crippen molar-refractivity contribution in [2.24, 2.45) is 23.7 Å². The second-order valence-electron chi connectivity index (χ2n) is 5.62. The van der Waals surface area contributed by atoms with E-state index in [0.29, 0.717) is 23.4 Å². The second kappa shape index (κ2) is 4.68. The molecular weight excluding hydrogens is 200 g/mol. The molecule has 0 aliphatic heterocycles. The molecule has 2 saturated carbocycles. The highest BCUT2D eigenvalue weighted by atomic mass is 16.1. The largest absolute Gasteiger partial charge is 0.299 e. The minimum absolute atomic E-state index is 0.187. The lowest BCUT2D eigenvalue weighted by atomic mass is 9.64. The third-order valence-corrected chi connectivity index (χ3v) is 4.77. The van der Waals surface area contributed by atoms with E-state index >= 15 is 0 Å². The fraction of sp³-hybridized carbons (Fsp3) is 0.857. The van der Waals surface area contributed by atoms with Crippen LogP contribution >= 0.6 is 0 Å². The molecule has 4 atom stereocenters. The number of Topliss-reactive ketones (excluding diaryl/α,β-unsaturated/α-hetero) is 2. The first-order valence-corrected chi connectivity index (χ1v) is 6.66. The molecule has 0 radical (unpaired) electrons. The van der Waals surface area contributed by atoms with Crippen molar-refractivity contribution in [3.8, 4) is 0 Å². The molecule has 4 unspecified atom stereocenters. The maximum absolute atomic E-state index is 11.8. The van der Waals surface area contributed by atoms with Gasteiger partial charge in [-0.05, 0) is 37.5 Å². The van der Waals surface area contributed by atoms with Gasteiger partial charge in [0.05, 0.1) is 0 Å². The Hall–Kier alpha value is -0.660. The molecule has 0 aromatic carbocycles. The predicted molar refractivity (Wildman–Crippen MR) is 63.0 cm³/mol. The van der Waals surface area contributed by atoms with Gasteiger partial charge in [0, 0.05) is 24.7 Å². The van der Waals surface area contributed by atoms with Crippen LogP contribution < -0.4 is 0 Å². The van der Waals surface area contributed by atoms with Gasteiger partial charge in [0.25, 0.3) is 0 Å². The van der Waals surface area contributed by atoms with Gasteiger partial charge in [0.1, 0.15) is 11.6 Å². The summed E-state index contributed by atoms with van der Waals surface area (Å²) in [5.74, 6) is 2.16. The topological polar surface area (TPSA) is 34.1 Å². The predicted octanol–water partition coefficient (Wildman–Crippen LogP) is 3.00. The zero-order valence-electron chi connectivity index (χ0n) is 10.4. The lowest BCUT2D eigenvalue weighted by Crippen LogP contribution is -2.38. The van der Waals surface area contributed by atoms with Crippen LogP contribution in [-0.4, -0.2) is 11.6 Å². The minimum Gasteiger partial charge on any atom is -0.299 e. The summed E-state index contributed by atoms with van der Waals surface area (Å²) < 4.78 is 0. The maximum Gasteiger partial charge on any atom is 0.135 e. The normalized spacial score (nSPS) is 41.1. The van der Waals surface area contributed by atoms with Gasteiger partial charge >= 0.3 is 0 Å². The van der Waals surface area contributed by atoms with E-state index in [1.165, 1.54) is 0 Å². The lowest BCUT2D eigenvalue weighted by Gasteiger charge is -2.39. The fourth-order valence-electron chi connectivity index (χ4n) is 3.63. The van der Waals surface area contributed by atoms with Crippen LogP contribution in [0.5, 0.6) is 0 Å². The van der Waals surface area contributed by atoms with Gasteiger partial charge in [-0.1, -0.05) is 13.8 Å². The van der Waals surface area contributed by atoms with Crippen molar-refractivity contribution in [3.05, 3.63) is 0 Å². The highest BCUT2D eigenvalue weighted by molar-refractivity contribution is 5.83. The van der Waals surface area contributed by atoms with Gasteiger partial charge < -0.3 is 0 Å². The molecule has 2 fully saturated rings. The second-order valence-corrected chi connectivity index (χ2v) is 5.62. The van der Waals surface area contributed by atoms with Crippen LogP contribution in [0.25, 0.3) is 0 Å². The molecule has 0 aromatic heterocycles. The number of carbonyl (C=O) groups is 2. The first kappa shape index (κ1) is 11.8. The molecule has 2 heteroatoms. The van der Waals surface area contributed by atoms with Crippen LogP contribution in [0, 0.1) is 23.7 Å². The van der Waals surface area contributed by atoms with Gasteiger partial charge in [-0.2, -0.15) is 0 Å². The van der Waals surface area contributed by atoms with Gasteiger partial charge in [0.2, 0.25) is 0 Å². The van der Waals surface area contributed by atoms with Crippen LogP contribution in [0.3, 0.4) is 0 Å². The molecule has 0 bridgehead atoms. The Kier molecular flexibility index (Phi) is 3.46. The van der Waals surface area contributed by atoms with E-state index in [-0.39, 0.29) is 11.8 Å². The Labute approximate surface area is 97.8 Å². The summed E-state index contributed by atoms with van der Waals surface area (Å²) in [7, 11) is 0. The Balaban J connectivity index is 2.10. The number of hydrogen-bond acceptors (Lipinski definition) is 2. The van der Waals surface area contributed by atoms with Crippen molar-refractivity contribution in [3.63, 3.8) is 0 Å². The van der Waals surface area contributed by atoms with Gasteiger partial charge in [-0.3, -0.25) is 9.59 Å². The number of hydrogen-bond donors (Lipinski definition) is 0. The molecular formula is C14H22O2. The molecule has 0 heterocycles. The first-order chi connectivity index (χ1) is 7.61. The summed E-state index contributed by atoms with van der Waals surface area (Å²) in [4.78, 5) is 23.5. The van der Waals surface area contributed by atoms with Gasteiger partial charge in [-0.25, -0.2) is 0 Å². The minimum atomic E-state index is 0.187. The van der Waals surface area contributed by atoms with E-state index in [9.17, 15) is 9.59 Å². The molecule has 0 aromatic rings.